The molecule has 0 bridgehead atoms. The first kappa shape index (κ1) is 17.6. The summed E-state index contributed by atoms with van der Waals surface area (Å²) >= 11 is 0. The fourth-order valence-corrected chi connectivity index (χ4v) is 1.38. The molecule has 1 aromatic heterocycles. The molecular weight excluding hydrogens is 276 g/mol. The van der Waals surface area contributed by atoms with Crippen molar-refractivity contribution in [2.75, 3.05) is 46.2 Å². The van der Waals surface area contributed by atoms with Crippen molar-refractivity contribution in [3.8, 4) is 5.75 Å². The SMILES string of the molecule is [B][n+]1ccc(OCCOCCOCCOCC=C)cc1F. The molecule has 0 fully saturated rings. The van der Waals surface area contributed by atoms with Crippen molar-refractivity contribution >= 4 is 7.98 Å². The fourth-order valence-electron chi connectivity index (χ4n) is 1.38. The summed E-state index contributed by atoms with van der Waals surface area (Å²) in [6, 6.07) is 2.79. The van der Waals surface area contributed by atoms with Gasteiger partial charge < -0.3 is 18.9 Å². The normalized spacial score (nSPS) is 10.5. The fraction of sp³-hybridized carbons (Fsp3) is 0.500. The molecule has 0 saturated heterocycles. The van der Waals surface area contributed by atoms with Crippen molar-refractivity contribution in [2.45, 2.75) is 0 Å². The van der Waals surface area contributed by atoms with Crippen LogP contribution in [-0.4, -0.2) is 54.2 Å². The molecule has 0 unspecified atom stereocenters. The van der Waals surface area contributed by atoms with Gasteiger partial charge in [0.15, 0.2) is 0 Å². The summed E-state index contributed by atoms with van der Waals surface area (Å²) in [5.74, 6) is -0.158. The highest BCUT2D eigenvalue weighted by Crippen LogP contribution is 2.08. The number of rotatable bonds is 12. The summed E-state index contributed by atoms with van der Waals surface area (Å²) in [6.45, 7) is 6.82. The maximum Gasteiger partial charge on any atom is 0.588 e. The second kappa shape index (κ2) is 11.2. The smallest absolute Gasteiger partial charge is 0.491 e. The van der Waals surface area contributed by atoms with Gasteiger partial charge in [-0.25, -0.2) is 0 Å². The van der Waals surface area contributed by atoms with Crippen LogP contribution in [0.2, 0.25) is 0 Å². The van der Waals surface area contributed by atoms with Crippen LogP contribution < -0.4 is 9.21 Å². The molecule has 0 saturated carbocycles. The van der Waals surface area contributed by atoms with Crippen LogP contribution in [0.25, 0.3) is 0 Å². The molecule has 1 aromatic rings. The van der Waals surface area contributed by atoms with Crippen molar-refractivity contribution in [3.05, 3.63) is 36.9 Å². The number of hydrogen-bond acceptors (Lipinski definition) is 4. The Balaban J connectivity index is 1.92. The molecule has 7 heteroatoms. The Hall–Kier alpha value is -1.44. The van der Waals surface area contributed by atoms with Gasteiger partial charge in [-0.3, -0.25) is 4.48 Å². The zero-order valence-corrected chi connectivity index (χ0v) is 12.0. The number of nitrogens with zero attached hydrogens (tertiary/aromatic N) is 1. The van der Waals surface area contributed by atoms with E-state index in [4.69, 9.17) is 26.9 Å². The molecule has 0 amide bonds. The molecule has 0 N–H and O–H groups in total. The minimum atomic E-state index is -0.569. The summed E-state index contributed by atoms with van der Waals surface area (Å²) < 4.78 is 35.0. The van der Waals surface area contributed by atoms with Crippen molar-refractivity contribution in [2.24, 2.45) is 0 Å². The van der Waals surface area contributed by atoms with Crippen molar-refractivity contribution in [1.29, 1.82) is 0 Å². The average molecular weight is 296 g/mol. The minimum Gasteiger partial charge on any atom is -0.491 e. The highest BCUT2D eigenvalue weighted by atomic mass is 19.1. The molecule has 0 aliphatic carbocycles. The van der Waals surface area contributed by atoms with E-state index in [2.05, 4.69) is 6.58 Å². The molecule has 0 atom stereocenters. The first-order chi connectivity index (χ1) is 10.2. The summed E-state index contributed by atoms with van der Waals surface area (Å²) in [6.07, 6.45) is 3.07. The van der Waals surface area contributed by atoms with Crippen LogP contribution in [-0.2, 0) is 14.2 Å². The van der Waals surface area contributed by atoms with E-state index in [1.54, 1.807) is 12.1 Å². The Morgan fingerprint density at radius 1 is 1.10 bits per heavy atom. The van der Waals surface area contributed by atoms with Crippen molar-refractivity contribution in [3.63, 3.8) is 0 Å². The standard InChI is InChI=1S/C14H20BFNO4/c1-2-5-18-6-7-19-8-9-20-10-11-21-13-3-4-17(15)14(16)12-13/h2-4,12H,1,5-11H2/q+1. The number of halogens is 1. The third-order valence-corrected chi connectivity index (χ3v) is 2.38. The molecule has 0 spiro atoms. The highest BCUT2D eigenvalue weighted by Gasteiger charge is 2.06. The molecule has 1 heterocycles. The largest absolute Gasteiger partial charge is 0.588 e. The zero-order valence-electron chi connectivity index (χ0n) is 12.0. The van der Waals surface area contributed by atoms with Gasteiger partial charge in [0.1, 0.15) is 18.6 Å². The Kier molecular flexibility index (Phi) is 9.44. The molecule has 0 aromatic carbocycles. The third-order valence-electron chi connectivity index (χ3n) is 2.38. The van der Waals surface area contributed by atoms with Gasteiger partial charge in [-0.15, -0.1) is 11.0 Å². The molecule has 5 nitrogen and oxygen atoms in total. The molecule has 114 valence electrons. The summed E-state index contributed by atoms with van der Waals surface area (Å²) in [5.41, 5.74) is 0. The van der Waals surface area contributed by atoms with E-state index in [1.807, 2.05) is 0 Å². The van der Waals surface area contributed by atoms with E-state index >= 15 is 0 Å². The Bertz CT molecular complexity index is 420. The van der Waals surface area contributed by atoms with E-state index in [-0.39, 0.29) is 0 Å². The van der Waals surface area contributed by atoms with E-state index in [0.29, 0.717) is 52.0 Å². The Labute approximate surface area is 125 Å². The lowest BCUT2D eigenvalue weighted by molar-refractivity contribution is -0.557. The molecule has 2 radical (unpaired) electrons. The lowest BCUT2D eigenvalue weighted by atomic mass is 10.3. The summed E-state index contributed by atoms with van der Waals surface area (Å²) in [4.78, 5) is 0. The molecular formula is C14H20BFNO4+. The van der Waals surface area contributed by atoms with Crippen molar-refractivity contribution in [1.82, 2.24) is 0 Å². The quantitative estimate of drug-likeness (QED) is 0.246. The van der Waals surface area contributed by atoms with E-state index in [0.717, 1.165) is 4.48 Å². The van der Waals surface area contributed by atoms with Crippen LogP contribution in [0.3, 0.4) is 0 Å². The van der Waals surface area contributed by atoms with E-state index in [9.17, 15) is 4.39 Å². The molecule has 0 aliphatic rings. The Morgan fingerprint density at radius 2 is 1.71 bits per heavy atom. The zero-order chi connectivity index (χ0) is 15.3. The van der Waals surface area contributed by atoms with Crippen molar-refractivity contribution < 1.29 is 27.8 Å². The first-order valence-electron chi connectivity index (χ1n) is 6.67. The Morgan fingerprint density at radius 3 is 2.33 bits per heavy atom. The predicted octanol–water partition coefficient (Wildman–Crippen LogP) is 0.659. The van der Waals surface area contributed by atoms with Gasteiger partial charge in [-0.1, -0.05) is 6.08 Å². The number of ether oxygens (including phenoxy) is 4. The van der Waals surface area contributed by atoms with Gasteiger partial charge >= 0.3 is 13.9 Å². The van der Waals surface area contributed by atoms with Crippen LogP contribution in [0.5, 0.6) is 5.75 Å². The van der Waals surface area contributed by atoms with E-state index in [1.165, 1.54) is 12.3 Å². The maximum atomic E-state index is 13.1. The second-order valence-corrected chi connectivity index (χ2v) is 4.03. The summed E-state index contributed by atoms with van der Waals surface area (Å²) in [7, 11) is 5.28. The minimum absolute atomic E-state index is 0.330. The first-order valence-corrected chi connectivity index (χ1v) is 6.67. The van der Waals surface area contributed by atoms with Crippen LogP contribution in [0.15, 0.2) is 31.0 Å². The average Bonchev–Trinajstić information content (AvgIpc) is 2.48. The predicted molar refractivity (Wildman–Crippen MR) is 75.9 cm³/mol. The van der Waals surface area contributed by atoms with Crippen LogP contribution in [0, 0.1) is 5.95 Å². The summed E-state index contributed by atoms with van der Waals surface area (Å²) in [5, 5.41) is 0. The van der Waals surface area contributed by atoms with Gasteiger partial charge in [0.2, 0.25) is 0 Å². The van der Waals surface area contributed by atoms with Gasteiger partial charge in [-0.2, -0.15) is 0 Å². The van der Waals surface area contributed by atoms with Gasteiger partial charge in [0.25, 0.3) is 0 Å². The lowest BCUT2D eigenvalue weighted by Gasteiger charge is -2.07. The monoisotopic (exact) mass is 296 g/mol. The number of hydrogen-bond donors (Lipinski definition) is 0. The van der Waals surface area contributed by atoms with Gasteiger partial charge in [0.05, 0.1) is 45.7 Å². The maximum absolute atomic E-state index is 13.1. The van der Waals surface area contributed by atoms with Gasteiger partial charge in [-0.05, 0) is 0 Å². The highest BCUT2D eigenvalue weighted by molar-refractivity contribution is 5.94. The lowest BCUT2D eigenvalue weighted by Crippen LogP contribution is -2.35. The third kappa shape index (κ3) is 8.44. The number of pyridine rings is 1. The molecule has 21 heavy (non-hydrogen) atoms. The topological polar surface area (TPSA) is 40.8 Å². The van der Waals surface area contributed by atoms with Gasteiger partial charge in [0, 0.05) is 6.07 Å². The second-order valence-electron chi connectivity index (χ2n) is 4.03. The molecule has 0 aliphatic heterocycles. The number of aromatic nitrogens is 1. The van der Waals surface area contributed by atoms with E-state index < -0.39 is 5.95 Å². The van der Waals surface area contributed by atoms with Crippen LogP contribution in [0.1, 0.15) is 0 Å². The van der Waals surface area contributed by atoms with Crippen LogP contribution in [0.4, 0.5) is 4.39 Å². The van der Waals surface area contributed by atoms with Crippen LogP contribution >= 0.6 is 0 Å². The molecule has 1 rings (SSSR count).